The van der Waals surface area contributed by atoms with Crippen LogP contribution in [0, 0.1) is 0 Å². The number of hydrogen-bond acceptors (Lipinski definition) is 4. The van der Waals surface area contributed by atoms with Crippen LogP contribution in [0.1, 0.15) is 17.3 Å². The fourth-order valence-electron chi connectivity index (χ4n) is 1.86. The first-order chi connectivity index (χ1) is 11.4. The van der Waals surface area contributed by atoms with Crippen molar-refractivity contribution < 1.29 is 19.1 Å². The van der Waals surface area contributed by atoms with Gasteiger partial charge in [0.1, 0.15) is 5.75 Å². The summed E-state index contributed by atoms with van der Waals surface area (Å²) in [7, 11) is 1.50. The molecule has 0 aliphatic carbocycles. The van der Waals surface area contributed by atoms with Crippen LogP contribution >= 0.6 is 27.5 Å². The molecule has 24 heavy (non-hydrogen) atoms. The second-order valence-electron chi connectivity index (χ2n) is 4.89. The average molecular weight is 413 g/mol. The lowest BCUT2D eigenvalue weighted by molar-refractivity contribution is -0.123. The van der Waals surface area contributed by atoms with Crippen molar-refractivity contribution >= 4 is 45.1 Å². The molecule has 126 valence electrons. The number of amides is 1. The maximum absolute atomic E-state index is 12.1. The summed E-state index contributed by atoms with van der Waals surface area (Å²) in [5.41, 5.74) is 0.850. The molecule has 1 atom stereocenters. The molecule has 1 N–H and O–H groups in total. The summed E-state index contributed by atoms with van der Waals surface area (Å²) in [4.78, 5) is 24.1. The molecule has 0 bridgehead atoms. The smallest absolute Gasteiger partial charge is 0.338 e. The van der Waals surface area contributed by atoms with Gasteiger partial charge in [-0.15, -0.1) is 0 Å². The SMILES string of the molecule is COc1ccc(NC(=O)[C@@H](C)OC(=O)c2ccc(Br)cc2)cc1Cl. The van der Waals surface area contributed by atoms with E-state index < -0.39 is 18.0 Å². The normalized spacial score (nSPS) is 11.5. The number of anilines is 1. The van der Waals surface area contributed by atoms with E-state index in [9.17, 15) is 9.59 Å². The van der Waals surface area contributed by atoms with Gasteiger partial charge >= 0.3 is 5.97 Å². The van der Waals surface area contributed by atoms with E-state index in [-0.39, 0.29) is 0 Å². The Morgan fingerprint density at radius 1 is 1.17 bits per heavy atom. The number of carbonyl (C=O) groups excluding carboxylic acids is 2. The monoisotopic (exact) mass is 411 g/mol. The molecule has 5 nitrogen and oxygen atoms in total. The lowest BCUT2D eigenvalue weighted by atomic mass is 10.2. The van der Waals surface area contributed by atoms with E-state index in [1.165, 1.54) is 14.0 Å². The summed E-state index contributed by atoms with van der Waals surface area (Å²) in [5, 5.41) is 3.01. The highest BCUT2D eigenvalue weighted by Gasteiger charge is 2.19. The molecular formula is C17H15BrClNO4. The zero-order valence-corrected chi connectivity index (χ0v) is 15.3. The van der Waals surface area contributed by atoms with Gasteiger partial charge in [-0.05, 0) is 49.4 Å². The molecule has 0 heterocycles. The van der Waals surface area contributed by atoms with E-state index in [0.29, 0.717) is 22.0 Å². The Morgan fingerprint density at radius 2 is 1.83 bits per heavy atom. The van der Waals surface area contributed by atoms with Crippen molar-refractivity contribution in [3.63, 3.8) is 0 Å². The minimum atomic E-state index is -0.956. The molecule has 7 heteroatoms. The Kier molecular flexibility index (Phi) is 6.23. The third-order valence-electron chi connectivity index (χ3n) is 3.15. The third-order valence-corrected chi connectivity index (χ3v) is 3.98. The highest BCUT2D eigenvalue weighted by atomic mass is 79.9. The number of nitrogens with one attached hydrogen (secondary N) is 1. The number of esters is 1. The van der Waals surface area contributed by atoms with Crippen LogP contribution in [0.4, 0.5) is 5.69 Å². The molecule has 0 unspecified atom stereocenters. The lowest BCUT2D eigenvalue weighted by Gasteiger charge is -2.14. The number of benzene rings is 2. The van der Waals surface area contributed by atoms with Crippen LogP contribution < -0.4 is 10.1 Å². The number of hydrogen-bond donors (Lipinski definition) is 1. The molecular weight excluding hydrogens is 398 g/mol. The van der Waals surface area contributed by atoms with Crippen molar-refractivity contribution in [2.24, 2.45) is 0 Å². The Morgan fingerprint density at radius 3 is 2.42 bits per heavy atom. The Hall–Kier alpha value is -2.05. The van der Waals surface area contributed by atoms with E-state index in [4.69, 9.17) is 21.1 Å². The van der Waals surface area contributed by atoms with Crippen LogP contribution in [-0.2, 0) is 9.53 Å². The van der Waals surface area contributed by atoms with Gasteiger partial charge in [0.25, 0.3) is 5.91 Å². The van der Waals surface area contributed by atoms with Crippen molar-refractivity contribution in [2.45, 2.75) is 13.0 Å². The number of methoxy groups -OCH3 is 1. The van der Waals surface area contributed by atoms with Gasteiger partial charge < -0.3 is 14.8 Å². The van der Waals surface area contributed by atoms with E-state index in [0.717, 1.165) is 4.47 Å². The molecule has 0 aliphatic rings. The van der Waals surface area contributed by atoms with Gasteiger partial charge in [-0.2, -0.15) is 0 Å². The number of rotatable bonds is 5. The Labute approximate surface area is 153 Å². The first-order valence-corrected chi connectivity index (χ1v) is 8.18. The Bertz CT molecular complexity index is 749. The average Bonchev–Trinajstić information content (AvgIpc) is 2.55. The van der Waals surface area contributed by atoms with Gasteiger partial charge in [-0.25, -0.2) is 4.79 Å². The van der Waals surface area contributed by atoms with E-state index in [1.807, 2.05) is 0 Å². The summed E-state index contributed by atoms with van der Waals surface area (Å²) in [6.07, 6.45) is -0.956. The van der Waals surface area contributed by atoms with Gasteiger partial charge in [0.2, 0.25) is 0 Å². The van der Waals surface area contributed by atoms with Gasteiger partial charge in [-0.3, -0.25) is 4.79 Å². The van der Waals surface area contributed by atoms with Crippen LogP contribution in [0.5, 0.6) is 5.75 Å². The molecule has 0 aromatic heterocycles. The molecule has 0 radical (unpaired) electrons. The maximum Gasteiger partial charge on any atom is 0.338 e. The van der Waals surface area contributed by atoms with Crippen LogP contribution in [0.15, 0.2) is 46.9 Å². The third kappa shape index (κ3) is 4.72. The van der Waals surface area contributed by atoms with Crippen molar-refractivity contribution in [3.8, 4) is 5.75 Å². The summed E-state index contributed by atoms with van der Waals surface area (Å²) in [6.45, 7) is 1.50. The molecule has 1 amide bonds. The fraction of sp³-hybridized carbons (Fsp3) is 0.176. The van der Waals surface area contributed by atoms with Gasteiger partial charge in [0.15, 0.2) is 6.10 Å². The largest absolute Gasteiger partial charge is 0.495 e. The fourth-order valence-corrected chi connectivity index (χ4v) is 2.38. The van der Waals surface area contributed by atoms with Crippen LogP contribution in [0.3, 0.4) is 0 Å². The molecule has 0 fully saturated rings. The topological polar surface area (TPSA) is 64.6 Å². The summed E-state index contributed by atoms with van der Waals surface area (Å²) >= 11 is 9.29. The molecule has 0 saturated carbocycles. The molecule has 2 aromatic carbocycles. The highest BCUT2D eigenvalue weighted by Crippen LogP contribution is 2.27. The van der Waals surface area contributed by atoms with Crippen LogP contribution in [0.25, 0.3) is 0 Å². The summed E-state index contributed by atoms with van der Waals surface area (Å²) in [5.74, 6) is -0.524. The second kappa shape index (κ2) is 8.17. The molecule has 0 spiro atoms. The number of carbonyl (C=O) groups is 2. The zero-order chi connectivity index (χ0) is 17.7. The highest BCUT2D eigenvalue weighted by molar-refractivity contribution is 9.10. The molecule has 2 rings (SSSR count). The van der Waals surface area contributed by atoms with E-state index in [1.54, 1.807) is 42.5 Å². The van der Waals surface area contributed by atoms with E-state index in [2.05, 4.69) is 21.2 Å². The summed E-state index contributed by atoms with van der Waals surface area (Å²) < 4.78 is 11.1. The number of halogens is 2. The van der Waals surface area contributed by atoms with Gasteiger partial charge in [-0.1, -0.05) is 27.5 Å². The lowest BCUT2D eigenvalue weighted by Crippen LogP contribution is -2.30. The first-order valence-electron chi connectivity index (χ1n) is 7.01. The predicted molar refractivity (Wildman–Crippen MR) is 95.7 cm³/mol. The zero-order valence-electron chi connectivity index (χ0n) is 13.0. The van der Waals surface area contributed by atoms with Crippen LogP contribution in [0.2, 0.25) is 5.02 Å². The van der Waals surface area contributed by atoms with Gasteiger partial charge in [0, 0.05) is 10.2 Å². The van der Waals surface area contributed by atoms with Crippen molar-refractivity contribution in [2.75, 3.05) is 12.4 Å². The van der Waals surface area contributed by atoms with Crippen molar-refractivity contribution in [1.82, 2.24) is 0 Å². The quantitative estimate of drug-likeness (QED) is 0.744. The Balaban J connectivity index is 1.98. The van der Waals surface area contributed by atoms with Crippen LogP contribution in [-0.4, -0.2) is 25.1 Å². The molecule has 0 saturated heterocycles. The van der Waals surface area contributed by atoms with E-state index >= 15 is 0 Å². The van der Waals surface area contributed by atoms with Gasteiger partial charge in [0.05, 0.1) is 17.7 Å². The maximum atomic E-state index is 12.1. The molecule has 2 aromatic rings. The predicted octanol–water partition coefficient (Wildman–Crippen LogP) is 4.30. The van der Waals surface area contributed by atoms with Crippen molar-refractivity contribution in [1.29, 1.82) is 0 Å². The molecule has 0 aliphatic heterocycles. The summed E-state index contributed by atoms with van der Waals surface area (Å²) in [6, 6.07) is 11.5. The minimum absolute atomic E-state index is 0.366. The minimum Gasteiger partial charge on any atom is -0.495 e. The first kappa shape index (κ1) is 18.3. The van der Waals surface area contributed by atoms with Crippen molar-refractivity contribution in [3.05, 3.63) is 57.5 Å². The standard InChI is InChI=1S/C17H15BrClNO4/c1-10(24-17(22)11-3-5-12(18)6-4-11)16(21)20-13-7-8-15(23-2)14(19)9-13/h3-10H,1-2H3,(H,20,21)/t10-/m1/s1. The number of ether oxygens (including phenoxy) is 2. The second-order valence-corrected chi connectivity index (χ2v) is 6.22.